The number of hydrogen-bond acceptors (Lipinski definition) is 5. The molecular formula is C16H22N2O5. The smallest absolute Gasteiger partial charge is 0.330 e. The van der Waals surface area contributed by atoms with Crippen LogP contribution < -0.4 is 11.2 Å². The van der Waals surface area contributed by atoms with Crippen LogP contribution in [-0.4, -0.2) is 40.6 Å². The third kappa shape index (κ3) is 4.32. The van der Waals surface area contributed by atoms with Gasteiger partial charge in [-0.05, 0) is 19.8 Å². The van der Waals surface area contributed by atoms with Crippen LogP contribution in [0.2, 0.25) is 0 Å². The summed E-state index contributed by atoms with van der Waals surface area (Å²) in [5.41, 5.74) is -0.796. The third-order valence-electron chi connectivity index (χ3n) is 3.84. The third-order valence-corrected chi connectivity index (χ3v) is 3.84. The van der Waals surface area contributed by atoms with Gasteiger partial charge in [0.15, 0.2) is 0 Å². The lowest BCUT2D eigenvalue weighted by atomic mass is 10.2. The van der Waals surface area contributed by atoms with Crippen LogP contribution in [0.1, 0.15) is 44.4 Å². The summed E-state index contributed by atoms with van der Waals surface area (Å²) in [5.74, 6) is 5.66. The molecular weight excluding hydrogens is 300 g/mol. The van der Waals surface area contributed by atoms with Crippen molar-refractivity contribution >= 4 is 0 Å². The minimum atomic E-state index is -0.519. The summed E-state index contributed by atoms with van der Waals surface area (Å²) in [6, 6.07) is 0. The quantitative estimate of drug-likeness (QED) is 0.603. The number of ether oxygens (including phenoxy) is 2. The van der Waals surface area contributed by atoms with Crippen molar-refractivity contribution in [3.8, 4) is 11.8 Å². The lowest BCUT2D eigenvalue weighted by Crippen LogP contribution is -2.33. The molecule has 0 saturated carbocycles. The van der Waals surface area contributed by atoms with Crippen LogP contribution in [0.4, 0.5) is 0 Å². The molecule has 126 valence electrons. The van der Waals surface area contributed by atoms with Crippen molar-refractivity contribution in [3.63, 3.8) is 0 Å². The molecule has 7 nitrogen and oxygen atoms in total. The number of aromatic nitrogens is 2. The molecule has 3 atom stereocenters. The lowest BCUT2D eigenvalue weighted by molar-refractivity contribution is -0.0186. The fourth-order valence-electron chi connectivity index (χ4n) is 2.52. The fraction of sp³-hybridized carbons (Fsp3) is 0.625. The van der Waals surface area contributed by atoms with E-state index in [1.54, 1.807) is 7.11 Å². The molecule has 0 bridgehead atoms. The topological polar surface area (TPSA) is 93.5 Å². The van der Waals surface area contributed by atoms with Crippen LogP contribution in [0.15, 0.2) is 15.8 Å². The van der Waals surface area contributed by atoms with E-state index in [2.05, 4.69) is 16.8 Å². The van der Waals surface area contributed by atoms with Gasteiger partial charge < -0.3 is 14.6 Å². The Morgan fingerprint density at radius 3 is 2.91 bits per heavy atom. The SMILES string of the molecule is COC1C[C@H](n2cc(C#CCCCCO)c(=O)[nH]c2=O)O[C@@H]1C. The number of aliphatic hydroxyl groups is 1. The molecule has 1 aromatic rings. The molecule has 1 unspecified atom stereocenters. The van der Waals surface area contributed by atoms with E-state index in [4.69, 9.17) is 14.6 Å². The first kappa shape index (κ1) is 17.5. The van der Waals surface area contributed by atoms with Crippen LogP contribution in [0.25, 0.3) is 0 Å². The maximum Gasteiger partial charge on any atom is 0.330 e. The van der Waals surface area contributed by atoms with Crippen molar-refractivity contribution in [1.82, 2.24) is 9.55 Å². The van der Waals surface area contributed by atoms with E-state index in [1.165, 1.54) is 10.8 Å². The molecule has 0 aromatic carbocycles. The van der Waals surface area contributed by atoms with Gasteiger partial charge in [-0.25, -0.2) is 4.79 Å². The second kappa shape index (κ2) is 8.11. The van der Waals surface area contributed by atoms with Gasteiger partial charge in [0.05, 0.1) is 12.2 Å². The zero-order valence-corrected chi connectivity index (χ0v) is 13.4. The Morgan fingerprint density at radius 2 is 2.26 bits per heavy atom. The predicted molar refractivity (Wildman–Crippen MR) is 84.1 cm³/mol. The molecule has 0 spiro atoms. The van der Waals surface area contributed by atoms with Gasteiger partial charge in [0.25, 0.3) is 5.56 Å². The van der Waals surface area contributed by atoms with Crippen LogP contribution in [0.5, 0.6) is 0 Å². The Hall–Kier alpha value is -1.88. The molecule has 2 N–H and O–H groups in total. The van der Waals surface area contributed by atoms with Crippen molar-refractivity contribution in [3.05, 3.63) is 32.6 Å². The summed E-state index contributed by atoms with van der Waals surface area (Å²) in [6.07, 6.45) is 3.30. The molecule has 23 heavy (non-hydrogen) atoms. The standard InChI is InChI=1S/C16H22N2O5/c1-11-13(22-2)9-14(23-11)18-10-12(15(20)17-16(18)21)7-5-3-4-6-8-19/h10-11,13-14,19H,3-4,6,8-9H2,1-2H3,(H,17,20,21)/t11-,13?,14-/m1/s1. The molecule has 0 aliphatic carbocycles. The number of nitrogens with one attached hydrogen (secondary N) is 1. The van der Waals surface area contributed by atoms with E-state index in [9.17, 15) is 9.59 Å². The maximum atomic E-state index is 12.0. The highest BCUT2D eigenvalue weighted by molar-refractivity contribution is 5.29. The number of hydrogen-bond donors (Lipinski definition) is 2. The van der Waals surface area contributed by atoms with E-state index in [0.717, 1.165) is 6.42 Å². The van der Waals surface area contributed by atoms with Crippen LogP contribution in [0.3, 0.4) is 0 Å². The van der Waals surface area contributed by atoms with Crippen LogP contribution in [-0.2, 0) is 9.47 Å². The molecule has 1 aromatic heterocycles. The Labute approximate surface area is 134 Å². The average molecular weight is 322 g/mol. The van der Waals surface area contributed by atoms with Crippen molar-refractivity contribution in [1.29, 1.82) is 0 Å². The molecule has 2 heterocycles. The molecule has 1 aliphatic rings. The lowest BCUT2D eigenvalue weighted by Gasteiger charge is -2.13. The van der Waals surface area contributed by atoms with Gasteiger partial charge in [-0.15, -0.1) is 0 Å². The number of nitrogens with zero attached hydrogens (tertiary/aromatic N) is 1. The van der Waals surface area contributed by atoms with Gasteiger partial charge in [0.2, 0.25) is 0 Å². The number of unbranched alkanes of at least 4 members (excludes halogenated alkanes) is 2. The van der Waals surface area contributed by atoms with E-state index in [0.29, 0.717) is 19.3 Å². The van der Waals surface area contributed by atoms with Gasteiger partial charge in [-0.1, -0.05) is 11.8 Å². The summed E-state index contributed by atoms with van der Waals surface area (Å²) in [6.45, 7) is 2.01. The number of rotatable bonds is 5. The first-order valence-corrected chi connectivity index (χ1v) is 7.70. The molecule has 2 rings (SSSR count). The fourth-order valence-corrected chi connectivity index (χ4v) is 2.52. The Balaban J connectivity index is 2.20. The monoisotopic (exact) mass is 322 g/mol. The minimum Gasteiger partial charge on any atom is -0.396 e. The summed E-state index contributed by atoms with van der Waals surface area (Å²) in [7, 11) is 1.60. The van der Waals surface area contributed by atoms with E-state index in [1.807, 2.05) is 6.92 Å². The van der Waals surface area contributed by atoms with Crippen molar-refractivity contribution in [2.75, 3.05) is 13.7 Å². The molecule has 1 saturated heterocycles. The molecule has 7 heteroatoms. The molecule has 1 aliphatic heterocycles. The predicted octanol–water partition coefficient (Wildman–Crippen LogP) is 0.373. The highest BCUT2D eigenvalue weighted by Crippen LogP contribution is 2.28. The number of methoxy groups -OCH3 is 1. The van der Waals surface area contributed by atoms with E-state index >= 15 is 0 Å². The Bertz CT molecular complexity index is 697. The minimum absolute atomic E-state index is 0.0909. The molecule has 0 radical (unpaired) electrons. The summed E-state index contributed by atoms with van der Waals surface area (Å²) < 4.78 is 12.4. The second-order valence-electron chi connectivity index (χ2n) is 5.50. The van der Waals surface area contributed by atoms with Gasteiger partial charge in [-0.3, -0.25) is 14.3 Å². The van der Waals surface area contributed by atoms with Crippen molar-refractivity contribution < 1.29 is 14.6 Å². The van der Waals surface area contributed by atoms with Gasteiger partial charge in [0.1, 0.15) is 11.8 Å². The highest BCUT2D eigenvalue weighted by Gasteiger charge is 2.33. The largest absolute Gasteiger partial charge is 0.396 e. The van der Waals surface area contributed by atoms with Crippen molar-refractivity contribution in [2.24, 2.45) is 0 Å². The Kier molecular flexibility index (Phi) is 6.16. The summed E-state index contributed by atoms with van der Waals surface area (Å²) in [5, 5.41) is 8.71. The Morgan fingerprint density at radius 1 is 1.48 bits per heavy atom. The molecule has 0 amide bonds. The average Bonchev–Trinajstić information content (AvgIpc) is 2.89. The zero-order chi connectivity index (χ0) is 16.8. The van der Waals surface area contributed by atoms with Crippen LogP contribution in [0, 0.1) is 11.8 Å². The first-order chi connectivity index (χ1) is 11.1. The van der Waals surface area contributed by atoms with Crippen LogP contribution >= 0.6 is 0 Å². The van der Waals surface area contributed by atoms with Gasteiger partial charge in [0, 0.05) is 32.8 Å². The maximum absolute atomic E-state index is 12.0. The summed E-state index contributed by atoms with van der Waals surface area (Å²) in [4.78, 5) is 26.1. The normalized spacial score (nSPS) is 23.5. The summed E-state index contributed by atoms with van der Waals surface area (Å²) >= 11 is 0. The van der Waals surface area contributed by atoms with Crippen molar-refractivity contribution in [2.45, 2.75) is 51.0 Å². The number of aromatic amines is 1. The van der Waals surface area contributed by atoms with E-state index in [-0.39, 0.29) is 24.4 Å². The second-order valence-corrected chi connectivity index (χ2v) is 5.50. The van der Waals surface area contributed by atoms with Gasteiger partial charge >= 0.3 is 5.69 Å². The van der Waals surface area contributed by atoms with Gasteiger partial charge in [-0.2, -0.15) is 0 Å². The number of H-pyrrole nitrogens is 1. The number of aliphatic hydroxyl groups excluding tert-OH is 1. The first-order valence-electron chi connectivity index (χ1n) is 7.70. The molecule has 1 fully saturated rings. The highest BCUT2D eigenvalue weighted by atomic mass is 16.6. The zero-order valence-electron chi connectivity index (χ0n) is 13.4. The van der Waals surface area contributed by atoms with E-state index < -0.39 is 17.5 Å².